The van der Waals surface area contributed by atoms with Crippen LogP contribution in [0.15, 0.2) is 71.3 Å². The summed E-state index contributed by atoms with van der Waals surface area (Å²) in [6.07, 6.45) is 1.75. The number of rotatable bonds is 7. The van der Waals surface area contributed by atoms with Gasteiger partial charge >= 0.3 is 0 Å². The predicted molar refractivity (Wildman–Crippen MR) is 138 cm³/mol. The minimum Gasteiger partial charge on any atom is -0.490 e. The average molecular weight is 516 g/mol. The number of ether oxygens (including phenoxy) is 2. The molecule has 4 rings (SSSR count). The highest BCUT2D eigenvalue weighted by Gasteiger charge is 2.28. The maximum absolute atomic E-state index is 13.0. The molecule has 1 aliphatic heterocycles. The number of para-hydroxylation sites is 1. The van der Waals surface area contributed by atoms with Gasteiger partial charge in [-0.05, 0) is 67.4 Å². The van der Waals surface area contributed by atoms with E-state index in [2.05, 4.69) is 5.10 Å². The van der Waals surface area contributed by atoms with E-state index in [0.29, 0.717) is 55.7 Å². The van der Waals surface area contributed by atoms with Gasteiger partial charge in [0, 0.05) is 0 Å². The molecule has 0 aliphatic carbocycles. The van der Waals surface area contributed by atoms with E-state index in [0.717, 1.165) is 5.56 Å². The minimum absolute atomic E-state index is 0.210. The summed E-state index contributed by atoms with van der Waals surface area (Å²) >= 11 is 18.7. The quantitative estimate of drug-likeness (QED) is 0.307. The van der Waals surface area contributed by atoms with Crippen LogP contribution in [-0.4, -0.2) is 18.2 Å². The average Bonchev–Trinajstić information content (AvgIpc) is 3.10. The van der Waals surface area contributed by atoms with E-state index in [1.165, 1.54) is 5.01 Å². The Morgan fingerprint density at radius 2 is 1.71 bits per heavy atom. The molecule has 174 valence electrons. The number of nitrogens with zero attached hydrogens (tertiary/aromatic N) is 2. The number of hydrogen-bond acceptors (Lipinski definition) is 4. The number of halogens is 3. The fourth-order valence-corrected chi connectivity index (χ4v) is 4.05. The van der Waals surface area contributed by atoms with Crippen molar-refractivity contribution in [2.24, 2.45) is 5.10 Å². The van der Waals surface area contributed by atoms with E-state index < -0.39 is 0 Å². The summed E-state index contributed by atoms with van der Waals surface area (Å²) in [6, 6.07) is 18.1. The molecular weight excluding hydrogens is 495 g/mol. The number of hydrazone groups is 1. The predicted octanol–water partition coefficient (Wildman–Crippen LogP) is 7.43. The largest absolute Gasteiger partial charge is 0.490 e. The topological polar surface area (TPSA) is 51.1 Å². The fourth-order valence-electron chi connectivity index (χ4n) is 3.45. The first-order valence-electron chi connectivity index (χ1n) is 10.6. The van der Waals surface area contributed by atoms with Crippen molar-refractivity contribution in [3.8, 4) is 11.5 Å². The van der Waals surface area contributed by atoms with E-state index >= 15 is 0 Å². The summed E-state index contributed by atoms with van der Waals surface area (Å²) in [4.78, 5) is 13.0. The molecule has 0 bridgehead atoms. The Bertz CT molecular complexity index is 1290. The molecule has 8 heteroatoms. The van der Waals surface area contributed by atoms with Crippen LogP contribution in [0, 0.1) is 0 Å². The van der Waals surface area contributed by atoms with Gasteiger partial charge in [0.05, 0.1) is 38.6 Å². The highest BCUT2D eigenvalue weighted by atomic mass is 35.5. The number of carbonyl (C=O) groups is 1. The van der Waals surface area contributed by atoms with Crippen molar-refractivity contribution in [3.63, 3.8) is 0 Å². The van der Waals surface area contributed by atoms with Gasteiger partial charge in [-0.3, -0.25) is 4.79 Å². The lowest BCUT2D eigenvalue weighted by molar-refractivity contribution is -0.114. The first-order valence-corrected chi connectivity index (χ1v) is 11.7. The Balaban J connectivity index is 1.61. The molecule has 0 radical (unpaired) electrons. The molecule has 0 spiro atoms. The Hall–Kier alpha value is -2.99. The van der Waals surface area contributed by atoms with Crippen LogP contribution in [0.2, 0.25) is 15.1 Å². The first-order chi connectivity index (χ1) is 16.4. The van der Waals surface area contributed by atoms with Crippen LogP contribution in [-0.2, 0) is 11.4 Å². The molecule has 1 amide bonds. The van der Waals surface area contributed by atoms with Crippen molar-refractivity contribution in [2.75, 3.05) is 11.6 Å². The number of anilines is 1. The third-order valence-corrected chi connectivity index (χ3v) is 6.09. The third-order valence-electron chi connectivity index (χ3n) is 5.07. The van der Waals surface area contributed by atoms with Crippen LogP contribution in [0.5, 0.6) is 11.5 Å². The van der Waals surface area contributed by atoms with Crippen LogP contribution in [0.25, 0.3) is 6.08 Å². The molecule has 1 aliphatic rings. The first kappa shape index (κ1) is 24.1. The number of benzene rings is 3. The van der Waals surface area contributed by atoms with Gasteiger partial charge < -0.3 is 9.47 Å². The molecule has 0 fully saturated rings. The van der Waals surface area contributed by atoms with E-state index in [-0.39, 0.29) is 12.5 Å². The lowest BCUT2D eigenvalue weighted by Crippen LogP contribution is -2.21. The van der Waals surface area contributed by atoms with Gasteiger partial charge in [-0.15, -0.1) is 0 Å². The summed E-state index contributed by atoms with van der Waals surface area (Å²) in [7, 11) is 0. The zero-order chi connectivity index (χ0) is 24.2. The van der Waals surface area contributed by atoms with Gasteiger partial charge in [0.2, 0.25) is 0 Å². The number of amides is 1. The smallest absolute Gasteiger partial charge is 0.280 e. The van der Waals surface area contributed by atoms with Crippen LogP contribution < -0.4 is 14.5 Å². The van der Waals surface area contributed by atoms with E-state index in [9.17, 15) is 4.79 Å². The summed E-state index contributed by atoms with van der Waals surface area (Å²) in [5, 5.41) is 7.09. The summed E-state index contributed by atoms with van der Waals surface area (Å²) in [5.41, 5.74) is 3.33. The molecule has 5 nitrogen and oxygen atoms in total. The van der Waals surface area contributed by atoms with E-state index in [1.54, 1.807) is 37.3 Å². The maximum Gasteiger partial charge on any atom is 0.280 e. The molecule has 3 aromatic rings. The summed E-state index contributed by atoms with van der Waals surface area (Å²) in [6.45, 7) is 4.32. The lowest BCUT2D eigenvalue weighted by Gasteiger charge is -2.15. The SMILES string of the molecule is CCOc1cc(/C=C2/C(=O)N(c3ccccc3)N=C2C)cc(Cl)c1OCc1ccc(Cl)c(Cl)c1. The Morgan fingerprint density at radius 3 is 2.41 bits per heavy atom. The van der Waals surface area contributed by atoms with Crippen LogP contribution in [0.1, 0.15) is 25.0 Å². The van der Waals surface area contributed by atoms with E-state index in [4.69, 9.17) is 44.3 Å². The second-order valence-electron chi connectivity index (χ2n) is 7.50. The molecule has 0 atom stereocenters. The van der Waals surface area contributed by atoms with Crippen molar-refractivity contribution in [1.82, 2.24) is 0 Å². The molecule has 0 aromatic heterocycles. The summed E-state index contributed by atoms with van der Waals surface area (Å²) < 4.78 is 11.8. The van der Waals surface area contributed by atoms with Gasteiger partial charge in [0.1, 0.15) is 6.61 Å². The number of carbonyl (C=O) groups excluding carboxylic acids is 1. The molecule has 0 N–H and O–H groups in total. The molecule has 1 heterocycles. The zero-order valence-electron chi connectivity index (χ0n) is 18.5. The van der Waals surface area contributed by atoms with Crippen LogP contribution in [0.3, 0.4) is 0 Å². The Morgan fingerprint density at radius 1 is 0.941 bits per heavy atom. The van der Waals surface area contributed by atoms with Crippen molar-refractivity contribution < 1.29 is 14.3 Å². The highest BCUT2D eigenvalue weighted by Crippen LogP contribution is 2.38. The minimum atomic E-state index is -0.210. The second kappa shape index (κ2) is 10.5. The van der Waals surface area contributed by atoms with E-state index in [1.807, 2.05) is 43.3 Å². The lowest BCUT2D eigenvalue weighted by atomic mass is 10.1. The van der Waals surface area contributed by atoms with Gasteiger partial charge in [-0.2, -0.15) is 10.1 Å². The van der Waals surface area contributed by atoms with Gasteiger partial charge in [-0.1, -0.05) is 59.1 Å². The van der Waals surface area contributed by atoms with Crippen LogP contribution in [0.4, 0.5) is 5.69 Å². The standard InChI is InChI=1S/C26H21Cl3N2O3/c1-3-33-24-14-18(11-20-16(2)30-31(26(20)32)19-7-5-4-6-8-19)13-23(29)25(24)34-15-17-9-10-21(27)22(28)12-17/h4-14H,3,15H2,1-2H3/b20-11+. The molecule has 34 heavy (non-hydrogen) atoms. The van der Waals surface area contributed by atoms with Crippen molar-refractivity contribution in [2.45, 2.75) is 20.5 Å². The zero-order valence-corrected chi connectivity index (χ0v) is 20.8. The Kier molecular flexibility index (Phi) is 7.47. The second-order valence-corrected chi connectivity index (χ2v) is 8.72. The summed E-state index contributed by atoms with van der Waals surface area (Å²) in [5.74, 6) is 0.672. The third kappa shape index (κ3) is 5.22. The molecule has 0 saturated carbocycles. The van der Waals surface area contributed by atoms with Crippen molar-refractivity contribution in [3.05, 3.63) is 92.4 Å². The molecule has 0 saturated heterocycles. The molecular formula is C26H21Cl3N2O3. The van der Waals surface area contributed by atoms with Crippen molar-refractivity contribution in [1.29, 1.82) is 0 Å². The fraction of sp³-hybridized carbons (Fsp3) is 0.154. The van der Waals surface area contributed by atoms with Crippen molar-refractivity contribution >= 4 is 58.2 Å². The van der Waals surface area contributed by atoms with Crippen LogP contribution >= 0.6 is 34.8 Å². The number of hydrogen-bond donors (Lipinski definition) is 0. The molecule has 3 aromatic carbocycles. The Labute approximate surface area is 213 Å². The van der Waals surface area contributed by atoms with Gasteiger partial charge in [-0.25, -0.2) is 0 Å². The van der Waals surface area contributed by atoms with Gasteiger partial charge in [0.15, 0.2) is 11.5 Å². The maximum atomic E-state index is 13.0. The highest BCUT2D eigenvalue weighted by molar-refractivity contribution is 6.42. The monoisotopic (exact) mass is 514 g/mol. The normalized spacial score (nSPS) is 14.5. The van der Waals surface area contributed by atoms with Gasteiger partial charge in [0.25, 0.3) is 5.91 Å². The molecule has 0 unspecified atom stereocenters.